The van der Waals surface area contributed by atoms with Gasteiger partial charge in [-0.1, -0.05) is 0 Å². The Kier molecular flexibility index (Phi) is 5.96. The topological polar surface area (TPSA) is 63.3 Å². The van der Waals surface area contributed by atoms with E-state index in [2.05, 4.69) is 15.4 Å². The fourth-order valence-corrected chi connectivity index (χ4v) is 5.14. The summed E-state index contributed by atoms with van der Waals surface area (Å²) in [6, 6.07) is 8.54. The summed E-state index contributed by atoms with van der Waals surface area (Å²) >= 11 is 0. The summed E-state index contributed by atoms with van der Waals surface area (Å²) in [5.74, 6) is -0.641. The van der Waals surface area contributed by atoms with Crippen LogP contribution in [-0.2, 0) is 0 Å². The third kappa shape index (κ3) is 4.37. The number of piperidine rings is 1. The molecule has 186 valence electrons. The highest BCUT2D eigenvalue weighted by atomic mass is 19.1. The molecule has 36 heavy (non-hydrogen) atoms. The van der Waals surface area contributed by atoms with Crippen molar-refractivity contribution in [1.29, 1.82) is 0 Å². The molecule has 7 nitrogen and oxygen atoms in total. The minimum atomic E-state index is -1.17. The molecule has 1 N–H and O–H groups in total. The largest absolute Gasteiger partial charge is 0.345 e. The highest BCUT2D eigenvalue weighted by Crippen LogP contribution is 2.38. The van der Waals surface area contributed by atoms with Gasteiger partial charge in [-0.25, -0.2) is 22.7 Å². The van der Waals surface area contributed by atoms with E-state index in [1.807, 2.05) is 29.1 Å². The number of alkyl halides is 1. The summed E-state index contributed by atoms with van der Waals surface area (Å²) in [7, 11) is 0. The van der Waals surface area contributed by atoms with Crippen molar-refractivity contribution in [3.05, 3.63) is 77.4 Å². The second-order valence-corrected chi connectivity index (χ2v) is 9.35. The number of nitrogens with one attached hydrogen (secondary N) is 1. The van der Waals surface area contributed by atoms with Crippen LogP contribution < -0.4 is 10.2 Å². The first-order chi connectivity index (χ1) is 17.5. The molecule has 2 atom stereocenters. The molecule has 0 unspecified atom stereocenters. The van der Waals surface area contributed by atoms with E-state index < -0.39 is 23.8 Å². The number of anilines is 1. The van der Waals surface area contributed by atoms with Gasteiger partial charge < -0.3 is 10.2 Å². The first-order valence-electron chi connectivity index (χ1n) is 12.2. The minimum absolute atomic E-state index is 0.0487. The monoisotopic (exact) mass is 493 g/mol. The maximum atomic E-state index is 14.5. The van der Waals surface area contributed by atoms with Crippen LogP contribution in [0.15, 0.2) is 48.8 Å². The second kappa shape index (κ2) is 9.42. The van der Waals surface area contributed by atoms with Crippen LogP contribution in [0.5, 0.6) is 0 Å². The van der Waals surface area contributed by atoms with Crippen molar-refractivity contribution in [3.8, 4) is 0 Å². The van der Waals surface area contributed by atoms with E-state index in [4.69, 9.17) is 5.10 Å². The Balaban J connectivity index is 1.28. The van der Waals surface area contributed by atoms with Crippen molar-refractivity contribution >= 4 is 23.6 Å². The summed E-state index contributed by atoms with van der Waals surface area (Å²) in [5, 5.41) is 12.7. The summed E-state index contributed by atoms with van der Waals surface area (Å²) in [6.45, 7) is 2.05. The van der Waals surface area contributed by atoms with Gasteiger partial charge in [-0.2, -0.15) is 5.10 Å². The van der Waals surface area contributed by atoms with Crippen LogP contribution in [0.1, 0.15) is 48.3 Å². The van der Waals surface area contributed by atoms with E-state index in [9.17, 15) is 13.2 Å². The third-order valence-corrected chi connectivity index (χ3v) is 6.97. The van der Waals surface area contributed by atoms with Crippen LogP contribution in [0.25, 0.3) is 17.8 Å². The molecular formula is C26H26F3N7. The lowest BCUT2D eigenvalue weighted by Gasteiger charge is -2.26. The molecule has 5 heterocycles. The number of nitrogens with zero attached hydrogens (tertiary/aromatic N) is 6. The summed E-state index contributed by atoms with van der Waals surface area (Å²) in [4.78, 5) is 6.10. The molecule has 0 spiro atoms. The lowest BCUT2D eigenvalue weighted by atomic mass is 10.0. The first kappa shape index (κ1) is 22.8. The fraction of sp³-hybridized carbons (Fsp3) is 0.346. The molecule has 1 aromatic carbocycles. The van der Waals surface area contributed by atoms with Crippen LogP contribution in [-0.4, -0.2) is 50.2 Å². The Hall–Kier alpha value is -3.66. The second-order valence-electron chi connectivity index (χ2n) is 9.35. The highest BCUT2D eigenvalue weighted by Gasteiger charge is 2.36. The SMILES string of the molecule is Fc1ccc(F)c([C@H]2C[C@H](F)CN2c2ccc3ncc(/C=C/c4ccn(C5CCNCC5)n4)n3n2)c1. The van der Waals surface area contributed by atoms with Gasteiger partial charge >= 0.3 is 0 Å². The maximum Gasteiger partial charge on any atom is 0.154 e. The summed E-state index contributed by atoms with van der Waals surface area (Å²) < 4.78 is 46.5. The van der Waals surface area contributed by atoms with Crippen LogP contribution in [0.3, 0.4) is 0 Å². The lowest BCUT2D eigenvalue weighted by molar-refractivity contribution is 0.343. The van der Waals surface area contributed by atoms with E-state index in [-0.39, 0.29) is 18.5 Å². The highest BCUT2D eigenvalue weighted by molar-refractivity contribution is 5.67. The van der Waals surface area contributed by atoms with Crippen molar-refractivity contribution in [2.45, 2.75) is 37.5 Å². The molecule has 4 aromatic rings. The van der Waals surface area contributed by atoms with Crippen molar-refractivity contribution in [1.82, 2.24) is 29.7 Å². The predicted molar refractivity (Wildman–Crippen MR) is 131 cm³/mol. The molecule has 0 radical (unpaired) electrons. The number of hydrogen-bond acceptors (Lipinski definition) is 5. The van der Waals surface area contributed by atoms with Crippen molar-refractivity contribution in [3.63, 3.8) is 0 Å². The lowest BCUT2D eigenvalue weighted by Crippen LogP contribution is -2.29. The molecule has 0 bridgehead atoms. The zero-order valence-corrected chi connectivity index (χ0v) is 19.6. The Labute approximate surface area is 206 Å². The van der Waals surface area contributed by atoms with Crippen molar-refractivity contribution in [2.75, 3.05) is 24.5 Å². The third-order valence-electron chi connectivity index (χ3n) is 6.97. The summed E-state index contributed by atoms with van der Waals surface area (Å²) in [5.41, 5.74) is 2.32. The standard InChI is InChI=1S/C26H26F3N7/c27-17-1-4-23(29)22(13-17)24-14-18(28)16-34(24)26-6-5-25-31-15-21(36(25)33-26)3-2-19-9-12-35(32-19)20-7-10-30-11-8-20/h1-6,9,12-13,15,18,20,24,30H,7-8,10-11,14,16H2/b3-2+/t18-,24+/m0/s1. The van der Waals surface area contributed by atoms with E-state index in [1.165, 1.54) is 0 Å². The van der Waals surface area contributed by atoms with Gasteiger partial charge in [0.2, 0.25) is 0 Å². The number of aromatic nitrogens is 5. The van der Waals surface area contributed by atoms with Gasteiger partial charge in [0.15, 0.2) is 5.65 Å². The number of hydrogen-bond donors (Lipinski definition) is 1. The zero-order valence-electron chi connectivity index (χ0n) is 19.6. The predicted octanol–water partition coefficient (Wildman–Crippen LogP) is 4.59. The number of halogens is 3. The number of rotatable bonds is 5. The molecule has 2 saturated heterocycles. The summed E-state index contributed by atoms with van der Waals surface area (Å²) in [6.07, 6.45) is 8.52. The molecule has 0 saturated carbocycles. The van der Waals surface area contributed by atoms with Crippen LogP contribution in [0.4, 0.5) is 19.0 Å². The van der Waals surface area contributed by atoms with Crippen molar-refractivity contribution in [2.24, 2.45) is 0 Å². The zero-order chi connectivity index (χ0) is 24.6. The molecule has 2 fully saturated rings. The van der Waals surface area contributed by atoms with Crippen LogP contribution >= 0.6 is 0 Å². The average molecular weight is 494 g/mol. The van der Waals surface area contributed by atoms with Gasteiger partial charge in [0.05, 0.1) is 36.2 Å². The Morgan fingerprint density at radius 3 is 2.72 bits per heavy atom. The molecule has 0 aliphatic carbocycles. The normalized spacial score (nSPS) is 21.2. The quantitative estimate of drug-likeness (QED) is 0.441. The van der Waals surface area contributed by atoms with Gasteiger partial charge in [0.1, 0.15) is 23.6 Å². The van der Waals surface area contributed by atoms with Gasteiger partial charge in [-0.3, -0.25) is 4.68 Å². The van der Waals surface area contributed by atoms with E-state index in [0.717, 1.165) is 55.5 Å². The Morgan fingerprint density at radius 1 is 1.00 bits per heavy atom. The maximum absolute atomic E-state index is 14.5. The molecule has 0 amide bonds. The number of imidazole rings is 1. The van der Waals surface area contributed by atoms with Crippen molar-refractivity contribution < 1.29 is 13.2 Å². The molecule has 3 aromatic heterocycles. The smallest absolute Gasteiger partial charge is 0.154 e. The minimum Gasteiger partial charge on any atom is -0.345 e. The Morgan fingerprint density at radius 2 is 1.86 bits per heavy atom. The van der Waals surface area contributed by atoms with E-state index in [0.29, 0.717) is 17.5 Å². The molecule has 2 aliphatic rings. The fourth-order valence-electron chi connectivity index (χ4n) is 5.14. The molecular weight excluding hydrogens is 467 g/mol. The van der Waals surface area contributed by atoms with E-state index >= 15 is 0 Å². The van der Waals surface area contributed by atoms with Gasteiger partial charge in [0.25, 0.3) is 0 Å². The average Bonchev–Trinajstić information content (AvgIpc) is 3.63. The van der Waals surface area contributed by atoms with E-state index in [1.54, 1.807) is 27.7 Å². The number of fused-ring (bicyclic) bond motifs is 1. The van der Waals surface area contributed by atoms with Gasteiger partial charge in [-0.15, -0.1) is 5.10 Å². The van der Waals surface area contributed by atoms with Gasteiger partial charge in [0, 0.05) is 18.2 Å². The Bertz CT molecular complexity index is 1410. The van der Waals surface area contributed by atoms with Crippen LogP contribution in [0, 0.1) is 11.6 Å². The number of benzene rings is 1. The molecule has 10 heteroatoms. The van der Waals surface area contributed by atoms with Crippen LogP contribution in [0.2, 0.25) is 0 Å². The molecule has 2 aliphatic heterocycles. The van der Waals surface area contributed by atoms with Gasteiger partial charge in [-0.05, 0) is 74.5 Å². The first-order valence-corrected chi connectivity index (χ1v) is 12.2. The molecule has 6 rings (SSSR count).